The van der Waals surface area contributed by atoms with E-state index in [4.69, 9.17) is 8.92 Å². The Kier molecular flexibility index (Phi) is 5.92. The molecule has 0 aromatic heterocycles. The van der Waals surface area contributed by atoms with Crippen molar-refractivity contribution in [2.75, 3.05) is 0 Å². The lowest BCUT2D eigenvalue weighted by atomic mass is 9.95. The third-order valence-corrected chi connectivity index (χ3v) is 5.91. The summed E-state index contributed by atoms with van der Waals surface area (Å²) in [5.74, 6) is 0.817. The molecule has 0 spiro atoms. The van der Waals surface area contributed by atoms with Gasteiger partial charge in [-0.3, -0.25) is 0 Å². The van der Waals surface area contributed by atoms with Crippen molar-refractivity contribution in [2.24, 2.45) is 0 Å². The number of hydrogen-bond donors (Lipinski definition) is 0. The molecule has 3 aromatic carbocycles. The van der Waals surface area contributed by atoms with Gasteiger partial charge in [-0.1, -0.05) is 48.0 Å². The van der Waals surface area contributed by atoms with E-state index in [0.717, 1.165) is 17.7 Å². The van der Waals surface area contributed by atoms with Crippen LogP contribution < -0.4 is 4.74 Å². The molecule has 0 amide bonds. The summed E-state index contributed by atoms with van der Waals surface area (Å²) < 4.78 is 77.2. The first-order valence-electron chi connectivity index (χ1n) is 8.94. The lowest BCUT2D eigenvalue weighted by molar-refractivity contribution is -0.246. The fraction of sp³-hybridized carbons (Fsp3) is 0.182. The molecule has 4 nitrogen and oxygen atoms in total. The molecule has 3 rings (SSSR count). The van der Waals surface area contributed by atoms with Gasteiger partial charge in [-0.25, -0.2) is 4.18 Å². The van der Waals surface area contributed by atoms with Crippen LogP contribution in [0.3, 0.4) is 0 Å². The number of aryl methyl sites for hydroxylation is 1. The molecular formula is C22H19F3O4S. The summed E-state index contributed by atoms with van der Waals surface area (Å²) in [4.78, 5) is -0.354. The number of para-hydroxylation sites is 1. The van der Waals surface area contributed by atoms with E-state index in [0.29, 0.717) is 18.4 Å². The van der Waals surface area contributed by atoms with Crippen molar-refractivity contribution in [1.82, 2.24) is 0 Å². The zero-order valence-electron chi connectivity index (χ0n) is 16.2. The van der Waals surface area contributed by atoms with Crippen molar-refractivity contribution in [2.45, 2.75) is 30.5 Å². The van der Waals surface area contributed by atoms with E-state index in [1.165, 1.54) is 36.4 Å². The second kappa shape index (κ2) is 8.12. The molecule has 158 valence electrons. The molecule has 0 saturated heterocycles. The molecule has 0 radical (unpaired) electrons. The summed E-state index contributed by atoms with van der Waals surface area (Å²) in [6.07, 6.45) is -4.99. The van der Waals surface area contributed by atoms with Crippen molar-refractivity contribution in [3.63, 3.8) is 0 Å². The van der Waals surface area contributed by atoms with Crippen molar-refractivity contribution in [3.8, 4) is 11.5 Å². The topological polar surface area (TPSA) is 52.6 Å². The summed E-state index contributed by atoms with van der Waals surface area (Å²) in [6, 6.07) is 19.0. The van der Waals surface area contributed by atoms with Crippen LogP contribution in [0.5, 0.6) is 11.5 Å². The predicted octanol–water partition coefficient (Wildman–Crippen LogP) is 5.97. The van der Waals surface area contributed by atoms with Crippen LogP contribution in [0.15, 0.2) is 83.8 Å². The Morgan fingerprint density at radius 2 is 1.30 bits per heavy atom. The average Bonchev–Trinajstić information content (AvgIpc) is 2.68. The molecule has 30 heavy (non-hydrogen) atoms. The zero-order chi connectivity index (χ0) is 22.0. The molecule has 0 aliphatic carbocycles. The largest absolute Gasteiger partial charge is 0.457 e. The molecule has 0 N–H and O–H groups in total. The van der Waals surface area contributed by atoms with Crippen LogP contribution in [0.2, 0.25) is 0 Å². The van der Waals surface area contributed by atoms with Crippen LogP contribution in [-0.4, -0.2) is 14.6 Å². The van der Waals surface area contributed by atoms with E-state index >= 15 is 0 Å². The smallest absolute Gasteiger partial charge is 0.422 e. The Bertz CT molecular complexity index is 1090. The molecule has 0 heterocycles. The second-order valence-electron chi connectivity index (χ2n) is 6.82. The van der Waals surface area contributed by atoms with Gasteiger partial charge in [-0.15, -0.1) is 0 Å². The lowest BCUT2D eigenvalue weighted by Crippen LogP contribution is -2.43. The van der Waals surface area contributed by atoms with Crippen LogP contribution in [-0.2, 0) is 19.9 Å². The molecule has 0 aliphatic rings. The number of halogens is 3. The van der Waals surface area contributed by atoms with Gasteiger partial charge >= 0.3 is 6.18 Å². The number of hydrogen-bond acceptors (Lipinski definition) is 4. The van der Waals surface area contributed by atoms with E-state index in [-0.39, 0.29) is 10.5 Å². The summed E-state index contributed by atoms with van der Waals surface area (Å²) in [5, 5.41) is 0. The monoisotopic (exact) mass is 436 g/mol. The van der Waals surface area contributed by atoms with Gasteiger partial charge in [0.25, 0.3) is 10.1 Å². The number of alkyl halides is 3. The van der Waals surface area contributed by atoms with Crippen LogP contribution in [0.1, 0.15) is 18.1 Å². The molecule has 0 saturated carbocycles. The van der Waals surface area contributed by atoms with Gasteiger partial charge in [-0.2, -0.15) is 21.6 Å². The van der Waals surface area contributed by atoms with Crippen molar-refractivity contribution < 1.29 is 30.5 Å². The molecule has 0 aliphatic heterocycles. The standard InChI is InChI=1S/C22H19F3O4S/c1-16-8-14-20(15-9-16)30(26,27)29-21(2,22(23,24)25)17-10-12-19(13-11-17)28-18-6-4-3-5-7-18/h3-15H,1-2H3. The first-order chi connectivity index (χ1) is 14.0. The van der Waals surface area contributed by atoms with Crippen LogP contribution in [0.4, 0.5) is 13.2 Å². The predicted molar refractivity (Wildman–Crippen MR) is 106 cm³/mol. The highest BCUT2D eigenvalue weighted by molar-refractivity contribution is 7.86. The Balaban J connectivity index is 1.92. The van der Waals surface area contributed by atoms with E-state index < -0.39 is 21.9 Å². The van der Waals surface area contributed by atoms with E-state index in [1.807, 2.05) is 0 Å². The first-order valence-corrected chi connectivity index (χ1v) is 10.3. The summed E-state index contributed by atoms with van der Waals surface area (Å²) in [6.45, 7) is 2.42. The Hall–Kier alpha value is -2.84. The molecule has 0 fully saturated rings. The van der Waals surface area contributed by atoms with E-state index in [9.17, 15) is 21.6 Å². The highest BCUT2D eigenvalue weighted by Crippen LogP contribution is 2.44. The quantitative estimate of drug-likeness (QED) is 0.447. The first kappa shape index (κ1) is 21.9. The fourth-order valence-corrected chi connectivity index (χ4v) is 3.89. The summed E-state index contributed by atoms with van der Waals surface area (Å²) in [5.41, 5.74) is -2.69. The van der Waals surface area contributed by atoms with Gasteiger partial charge in [0.1, 0.15) is 11.5 Å². The SMILES string of the molecule is Cc1ccc(S(=O)(=O)OC(C)(c2ccc(Oc3ccccc3)cc2)C(F)(F)F)cc1. The normalized spacial score (nSPS) is 14.2. The van der Waals surface area contributed by atoms with Crippen molar-refractivity contribution >= 4 is 10.1 Å². The maximum absolute atomic E-state index is 13.9. The highest BCUT2D eigenvalue weighted by atomic mass is 32.2. The van der Waals surface area contributed by atoms with Crippen LogP contribution in [0.25, 0.3) is 0 Å². The number of ether oxygens (including phenoxy) is 1. The molecule has 1 atom stereocenters. The van der Waals surface area contributed by atoms with Crippen molar-refractivity contribution in [1.29, 1.82) is 0 Å². The van der Waals surface area contributed by atoms with Crippen molar-refractivity contribution in [3.05, 3.63) is 90.0 Å². The minimum absolute atomic E-state index is 0.302. The van der Waals surface area contributed by atoms with Gasteiger partial charge in [0.2, 0.25) is 5.60 Å². The maximum Gasteiger partial charge on any atom is 0.422 e. The molecule has 8 heteroatoms. The number of rotatable bonds is 6. The summed E-state index contributed by atoms with van der Waals surface area (Å²) in [7, 11) is -4.68. The Morgan fingerprint density at radius 3 is 1.83 bits per heavy atom. The molecule has 1 unspecified atom stereocenters. The third-order valence-electron chi connectivity index (χ3n) is 4.51. The molecule has 0 bridgehead atoms. The van der Waals surface area contributed by atoms with E-state index in [1.54, 1.807) is 37.3 Å². The molecular weight excluding hydrogens is 417 g/mol. The third kappa shape index (κ3) is 4.66. The van der Waals surface area contributed by atoms with Crippen LogP contribution >= 0.6 is 0 Å². The highest BCUT2D eigenvalue weighted by Gasteiger charge is 2.56. The van der Waals surface area contributed by atoms with E-state index in [2.05, 4.69) is 0 Å². The number of benzene rings is 3. The Labute approximate surface area is 173 Å². The van der Waals surface area contributed by atoms with Gasteiger partial charge < -0.3 is 4.74 Å². The van der Waals surface area contributed by atoms with Gasteiger partial charge in [-0.05, 0) is 55.8 Å². The van der Waals surface area contributed by atoms with Gasteiger partial charge in [0.15, 0.2) is 0 Å². The van der Waals surface area contributed by atoms with Gasteiger partial charge in [0, 0.05) is 0 Å². The maximum atomic E-state index is 13.9. The lowest BCUT2D eigenvalue weighted by Gasteiger charge is -2.31. The fourth-order valence-electron chi connectivity index (χ4n) is 2.70. The minimum Gasteiger partial charge on any atom is -0.457 e. The second-order valence-corrected chi connectivity index (χ2v) is 8.37. The summed E-state index contributed by atoms with van der Waals surface area (Å²) >= 11 is 0. The molecule has 3 aromatic rings. The average molecular weight is 436 g/mol. The van der Waals surface area contributed by atoms with Crippen LogP contribution in [0, 0.1) is 6.92 Å². The minimum atomic E-state index is -4.99. The Morgan fingerprint density at radius 1 is 0.767 bits per heavy atom. The van der Waals surface area contributed by atoms with Gasteiger partial charge in [0.05, 0.1) is 4.90 Å². The zero-order valence-corrected chi connectivity index (χ0v) is 17.0.